The SMILES string of the molecule is CNCCNC(=O)COC1[C@@H](O)[C@@H](COP(=O)([O-])OP(=O)([O-])OP(=O)([O-])O)O[C@H]1n1cnc2c(=S)nc(N)[nH]c21. The molecule has 3 rings (SSSR count). The molecule has 2 aromatic heterocycles. The molecule has 0 radical (unpaired) electrons. The van der Waals surface area contributed by atoms with Gasteiger partial charge in [-0.15, -0.1) is 0 Å². The van der Waals surface area contributed by atoms with Crippen LogP contribution in [0.2, 0.25) is 0 Å². The number of hydrogen-bond donors (Lipinski definition) is 6. The maximum Gasteiger partial charge on any atom is 0.280 e. The Hall–Kier alpha value is -1.71. The van der Waals surface area contributed by atoms with Crippen LogP contribution in [0, 0.1) is 4.64 Å². The lowest BCUT2D eigenvalue weighted by Crippen LogP contribution is -2.39. The van der Waals surface area contributed by atoms with Gasteiger partial charge in [0.15, 0.2) is 16.8 Å². The van der Waals surface area contributed by atoms with Crippen LogP contribution in [-0.4, -0.2) is 87.1 Å². The second-order valence-corrected chi connectivity index (χ2v) is 12.6. The molecule has 25 heteroatoms. The molecule has 7 N–H and O–H groups in total. The molecule has 0 spiro atoms. The number of imidazole rings is 1. The number of rotatable bonds is 14. The number of anilines is 1. The lowest BCUT2D eigenvalue weighted by Gasteiger charge is -2.33. The number of nitrogen functional groups attached to an aromatic ring is 1. The number of amides is 1. The van der Waals surface area contributed by atoms with E-state index >= 15 is 0 Å². The number of aliphatic hydroxyl groups is 1. The Labute approximate surface area is 229 Å². The number of nitrogens with two attached hydrogens (primary N) is 1. The quantitative estimate of drug-likeness (QED) is 0.0656. The average Bonchev–Trinajstić information content (AvgIpc) is 3.35. The van der Waals surface area contributed by atoms with Gasteiger partial charge in [0.1, 0.15) is 36.1 Å². The molecule has 2 aromatic rings. The van der Waals surface area contributed by atoms with Crippen LogP contribution in [0.4, 0.5) is 5.95 Å². The number of nitrogens with zero attached hydrogens (tertiary/aromatic N) is 3. The monoisotopic (exact) mass is 650 g/mol. The summed E-state index contributed by atoms with van der Waals surface area (Å²) in [6.07, 6.45) is -4.75. The van der Waals surface area contributed by atoms with Crippen LogP contribution in [0.25, 0.3) is 11.2 Å². The molecule has 1 saturated heterocycles. The summed E-state index contributed by atoms with van der Waals surface area (Å²) in [6, 6.07) is 0. The summed E-state index contributed by atoms with van der Waals surface area (Å²) >= 11 is 5.12. The van der Waals surface area contributed by atoms with Gasteiger partial charge in [-0.3, -0.25) is 23.1 Å². The first-order valence-corrected chi connectivity index (χ1v) is 15.7. The van der Waals surface area contributed by atoms with Gasteiger partial charge in [-0.25, -0.2) is 18.6 Å². The Morgan fingerprint density at radius 2 is 1.98 bits per heavy atom. The number of carbonyl (C=O) groups excluding carboxylic acids is 1. The van der Waals surface area contributed by atoms with Gasteiger partial charge in [-0.1, -0.05) is 12.2 Å². The molecular weight excluding hydrogens is 627 g/mol. The molecule has 7 atom stereocenters. The summed E-state index contributed by atoms with van der Waals surface area (Å²) in [5.74, 6) is -0.661. The first kappa shape index (κ1) is 32.8. The number of aliphatic hydroxyl groups excluding tert-OH is 1. The maximum absolute atomic E-state index is 12.1. The number of fused-ring (bicyclic) bond motifs is 1. The molecule has 226 valence electrons. The van der Waals surface area contributed by atoms with Crippen molar-refractivity contribution in [3.8, 4) is 0 Å². The zero-order valence-electron chi connectivity index (χ0n) is 20.2. The highest BCUT2D eigenvalue weighted by Gasteiger charge is 2.47. The van der Waals surface area contributed by atoms with E-state index in [2.05, 4.69) is 38.7 Å². The highest BCUT2D eigenvalue weighted by Crippen LogP contribution is 2.61. The first-order valence-electron chi connectivity index (χ1n) is 10.8. The summed E-state index contributed by atoms with van der Waals surface area (Å²) in [5, 5.41) is 16.2. The molecule has 1 aliphatic rings. The molecule has 21 nitrogen and oxygen atoms in total. The zero-order valence-corrected chi connectivity index (χ0v) is 23.7. The normalized spacial score (nSPS) is 25.8. The van der Waals surface area contributed by atoms with Crippen LogP contribution in [0.15, 0.2) is 6.33 Å². The third-order valence-corrected chi connectivity index (χ3v) is 8.93. The van der Waals surface area contributed by atoms with Crippen molar-refractivity contribution >= 4 is 58.7 Å². The van der Waals surface area contributed by atoms with Gasteiger partial charge < -0.3 is 60.0 Å². The number of likely N-dealkylation sites (N-methyl/N-ethyl adjacent to an activating group) is 1. The Morgan fingerprint density at radius 3 is 2.62 bits per heavy atom. The highest BCUT2D eigenvalue weighted by atomic mass is 32.1. The van der Waals surface area contributed by atoms with Crippen molar-refractivity contribution in [2.24, 2.45) is 0 Å². The number of ether oxygens (including phenoxy) is 2. The fourth-order valence-electron chi connectivity index (χ4n) is 3.41. The molecule has 0 bridgehead atoms. The van der Waals surface area contributed by atoms with E-state index in [1.165, 1.54) is 10.9 Å². The molecular formula is C15H23N7O14P3S-3. The van der Waals surface area contributed by atoms with Gasteiger partial charge >= 0.3 is 0 Å². The zero-order chi connectivity index (χ0) is 29.9. The van der Waals surface area contributed by atoms with E-state index in [1.54, 1.807) is 7.05 Å². The standard InChI is InChI=1S/C15H26N7O14P3S/c1-17-2-3-18-8(23)5-32-11-10(24)7(4-33-38(28,29)36-39(30,31)35-37(25,26)27)34-14(11)22-6-19-9-12(22)20-15(16)21-13(9)40/h6-7,10-11,14,17,24H,2-5H2,1H3,(H,18,23)(H,28,29)(H,30,31)(H2,25,26,27)(H3,16,20,21,40)/p-3/t7-,10+,11?,14-/m1/s1. The van der Waals surface area contributed by atoms with Crippen molar-refractivity contribution in [3.05, 3.63) is 11.0 Å². The number of aromatic amines is 1. The molecule has 4 unspecified atom stereocenters. The minimum absolute atomic E-state index is 0.0176. The van der Waals surface area contributed by atoms with Crippen molar-refractivity contribution in [1.82, 2.24) is 30.2 Å². The number of phosphoric ester groups is 1. The molecule has 1 fully saturated rings. The van der Waals surface area contributed by atoms with Crippen LogP contribution in [0.1, 0.15) is 6.23 Å². The molecule has 0 saturated carbocycles. The van der Waals surface area contributed by atoms with Gasteiger partial charge in [0.2, 0.25) is 5.91 Å². The van der Waals surface area contributed by atoms with E-state index in [9.17, 15) is 38.3 Å². The Morgan fingerprint density at radius 1 is 1.27 bits per heavy atom. The topological polar surface area (TPSA) is 321 Å². The average molecular weight is 650 g/mol. The third-order valence-electron chi connectivity index (χ3n) is 4.96. The van der Waals surface area contributed by atoms with Crippen molar-refractivity contribution in [1.29, 1.82) is 0 Å². The van der Waals surface area contributed by atoms with Gasteiger partial charge in [0.05, 0.1) is 12.9 Å². The predicted octanol–water partition coefficient (Wildman–Crippen LogP) is -3.50. The van der Waals surface area contributed by atoms with E-state index in [-0.39, 0.29) is 28.3 Å². The molecule has 1 aliphatic heterocycles. The van der Waals surface area contributed by atoms with Crippen LogP contribution in [0.3, 0.4) is 0 Å². The predicted molar refractivity (Wildman–Crippen MR) is 127 cm³/mol. The van der Waals surface area contributed by atoms with Crippen LogP contribution in [0.5, 0.6) is 0 Å². The Bertz CT molecular complexity index is 1420. The van der Waals surface area contributed by atoms with Crippen molar-refractivity contribution in [2.45, 2.75) is 24.5 Å². The maximum atomic E-state index is 12.1. The minimum atomic E-state index is -6.14. The van der Waals surface area contributed by atoms with Crippen LogP contribution >= 0.6 is 35.7 Å². The number of phosphoric acid groups is 3. The summed E-state index contributed by atoms with van der Waals surface area (Å²) in [6.45, 7) is -0.932. The molecule has 0 aromatic carbocycles. The van der Waals surface area contributed by atoms with E-state index in [1.807, 2.05) is 0 Å². The van der Waals surface area contributed by atoms with E-state index in [0.717, 1.165) is 0 Å². The molecule has 1 amide bonds. The third kappa shape index (κ3) is 8.89. The number of hydrogen-bond acceptors (Lipinski definition) is 18. The minimum Gasteiger partial charge on any atom is -0.756 e. The number of carbonyl (C=O) groups is 1. The van der Waals surface area contributed by atoms with Gasteiger partial charge in [0, 0.05) is 13.1 Å². The van der Waals surface area contributed by atoms with E-state index in [0.29, 0.717) is 6.54 Å². The fraction of sp³-hybridized carbons (Fsp3) is 0.600. The van der Waals surface area contributed by atoms with E-state index < -0.39 is 67.1 Å². The summed E-state index contributed by atoms with van der Waals surface area (Å²) in [4.78, 5) is 65.3. The fourth-order valence-corrected chi connectivity index (χ4v) is 6.55. The van der Waals surface area contributed by atoms with E-state index in [4.69, 9.17) is 32.3 Å². The molecule has 3 heterocycles. The van der Waals surface area contributed by atoms with Crippen molar-refractivity contribution in [2.75, 3.05) is 39.1 Å². The smallest absolute Gasteiger partial charge is 0.280 e. The summed E-state index contributed by atoms with van der Waals surface area (Å²) in [7, 11) is -16.3. The second kappa shape index (κ2) is 13.1. The molecule has 0 aliphatic carbocycles. The highest BCUT2D eigenvalue weighted by molar-refractivity contribution is 7.71. The summed E-state index contributed by atoms with van der Waals surface area (Å²) in [5.41, 5.74) is 6.05. The number of nitrogens with one attached hydrogen (secondary N) is 3. The van der Waals surface area contributed by atoms with Crippen LogP contribution < -0.4 is 31.0 Å². The lowest BCUT2D eigenvalue weighted by molar-refractivity contribution is -0.250. The Balaban J connectivity index is 1.80. The lowest BCUT2D eigenvalue weighted by atomic mass is 10.1. The van der Waals surface area contributed by atoms with Gasteiger partial charge in [0.25, 0.3) is 23.5 Å². The van der Waals surface area contributed by atoms with Gasteiger partial charge in [-0.2, -0.15) is 0 Å². The summed E-state index contributed by atoms with van der Waals surface area (Å²) < 4.78 is 57.7. The van der Waals surface area contributed by atoms with Crippen molar-refractivity contribution in [3.63, 3.8) is 0 Å². The Kier molecular flexibility index (Phi) is 10.7. The number of H-pyrrole nitrogens is 1. The van der Waals surface area contributed by atoms with Crippen LogP contribution in [-0.2, 0) is 41.1 Å². The molecule has 40 heavy (non-hydrogen) atoms. The largest absolute Gasteiger partial charge is 0.756 e. The number of aromatic nitrogens is 4. The van der Waals surface area contributed by atoms with Crippen molar-refractivity contribution < 1.29 is 65.8 Å². The first-order chi connectivity index (χ1) is 18.5. The second-order valence-electron chi connectivity index (χ2n) is 7.88. The van der Waals surface area contributed by atoms with Gasteiger partial charge in [-0.05, 0) is 7.05 Å².